The molecule has 0 aliphatic carbocycles. The molecule has 2 aromatic carbocycles. The van der Waals surface area contributed by atoms with E-state index >= 15 is 0 Å². The highest BCUT2D eigenvalue weighted by atomic mass is 32.2. The largest absolute Gasteiger partial charge is 0.411 e. The molecular weight excluding hydrogens is 382 g/mol. The molecule has 0 N–H and O–H groups in total. The first kappa shape index (κ1) is 19.1. The number of anilines is 1. The van der Waals surface area contributed by atoms with Crippen LogP contribution in [0.3, 0.4) is 0 Å². The number of thioether (sulfide) groups is 1. The Labute approximate surface area is 163 Å². The zero-order valence-electron chi connectivity index (χ0n) is 14.4. The maximum Gasteiger partial charge on any atom is 0.277 e. The number of rotatable bonds is 7. The summed E-state index contributed by atoms with van der Waals surface area (Å²) >= 11 is 1.03. The van der Waals surface area contributed by atoms with Gasteiger partial charge in [0.2, 0.25) is 11.8 Å². The zero-order chi connectivity index (χ0) is 19.9. The molecule has 0 radical (unpaired) electrons. The summed E-state index contributed by atoms with van der Waals surface area (Å²) in [7, 11) is 0. The Kier molecular flexibility index (Phi) is 5.98. The topological polar surface area (TPSA) is 126 Å². The van der Waals surface area contributed by atoms with Crippen LogP contribution in [0.4, 0.5) is 11.4 Å². The van der Waals surface area contributed by atoms with Crippen molar-refractivity contribution in [1.82, 2.24) is 10.2 Å². The number of nitro benzene ring substituents is 1. The Morgan fingerprint density at radius 3 is 2.71 bits per heavy atom. The highest BCUT2D eigenvalue weighted by Crippen LogP contribution is 2.26. The molecule has 1 amide bonds. The Morgan fingerprint density at radius 2 is 2.00 bits per heavy atom. The molecule has 3 rings (SSSR count). The second kappa shape index (κ2) is 8.79. The van der Waals surface area contributed by atoms with Gasteiger partial charge in [0.15, 0.2) is 0 Å². The highest BCUT2D eigenvalue weighted by molar-refractivity contribution is 7.99. The molecule has 140 valence electrons. The third kappa shape index (κ3) is 4.52. The summed E-state index contributed by atoms with van der Waals surface area (Å²) in [5, 5.41) is 27.7. The van der Waals surface area contributed by atoms with Gasteiger partial charge in [0, 0.05) is 23.4 Å². The first-order valence-corrected chi connectivity index (χ1v) is 9.00. The van der Waals surface area contributed by atoms with E-state index in [9.17, 15) is 14.9 Å². The maximum absolute atomic E-state index is 12.5. The summed E-state index contributed by atoms with van der Waals surface area (Å²) in [5.41, 5.74) is 0.947. The summed E-state index contributed by atoms with van der Waals surface area (Å²) in [6, 6.07) is 16.7. The van der Waals surface area contributed by atoms with Crippen LogP contribution in [-0.4, -0.2) is 33.3 Å². The van der Waals surface area contributed by atoms with Gasteiger partial charge in [0.25, 0.3) is 10.9 Å². The molecule has 1 aromatic heterocycles. The fourth-order valence-electron chi connectivity index (χ4n) is 2.34. The summed E-state index contributed by atoms with van der Waals surface area (Å²) < 4.78 is 5.48. The SMILES string of the molecule is N#CCN(C(=O)CSc1nnc(-c2cccc([N+](=O)[O-])c2)o1)c1ccccc1. The van der Waals surface area contributed by atoms with Gasteiger partial charge in [-0.3, -0.25) is 19.8 Å². The van der Waals surface area contributed by atoms with E-state index in [0.29, 0.717) is 11.3 Å². The number of aromatic nitrogens is 2. The van der Waals surface area contributed by atoms with Gasteiger partial charge in [0.1, 0.15) is 6.54 Å². The summed E-state index contributed by atoms with van der Waals surface area (Å²) in [6.45, 7) is -0.0772. The number of nitro groups is 1. The Morgan fingerprint density at radius 1 is 1.21 bits per heavy atom. The first-order chi connectivity index (χ1) is 13.6. The molecule has 0 aliphatic rings. The number of amides is 1. The third-order valence-electron chi connectivity index (χ3n) is 3.63. The fourth-order valence-corrected chi connectivity index (χ4v) is 2.98. The van der Waals surface area contributed by atoms with Crippen LogP contribution in [0.5, 0.6) is 0 Å². The molecule has 3 aromatic rings. The molecule has 1 heterocycles. The zero-order valence-corrected chi connectivity index (χ0v) is 15.2. The van der Waals surface area contributed by atoms with E-state index in [1.54, 1.807) is 30.3 Å². The minimum atomic E-state index is -0.512. The number of benzene rings is 2. The van der Waals surface area contributed by atoms with Crippen molar-refractivity contribution in [3.63, 3.8) is 0 Å². The fraction of sp³-hybridized carbons (Fsp3) is 0.111. The van der Waals surface area contributed by atoms with E-state index in [1.165, 1.54) is 23.1 Å². The van der Waals surface area contributed by atoms with Crippen LogP contribution in [0.2, 0.25) is 0 Å². The molecule has 28 heavy (non-hydrogen) atoms. The first-order valence-electron chi connectivity index (χ1n) is 8.02. The van der Waals surface area contributed by atoms with E-state index in [4.69, 9.17) is 9.68 Å². The molecule has 0 saturated carbocycles. The van der Waals surface area contributed by atoms with Crippen molar-refractivity contribution >= 4 is 29.0 Å². The van der Waals surface area contributed by atoms with E-state index in [1.807, 2.05) is 12.1 Å². The number of carbonyl (C=O) groups excluding carboxylic acids is 1. The molecular formula is C18H13N5O4S. The lowest BCUT2D eigenvalue weighted by Gasteiger charge is -2.18. The molecule has 0 unspecified atom stereocenters. The van der Waals surface area contributed by atoms with Gasteiger partial charge in [-0.25, -0.2) is 0 Å². The summed E-state index contributed by atoms with van der Waals surface area (Å²) in [6.07, 6.45) is 0. The Hall–Kier alpha value is -3.71. The predicted octanol–water partition coefficient (Wildman–Crippen LogP) is 3.29. The molecule has 0 bridgehead atoms. The highest BCUT2D eigenvalue weighted by Gasteiger charge is 2.18. The number of hydrogen-bond donors (Lipinski definition) is 0. The quantitative estimate of drug-likeness (QED) is 0.258. The van der Waals surface area contributed by atoms with Gasteiger partial charge >= 0.3 is 0 Å². The number of non-ortho nitro benzene ring substituents is 1. The van der Waals surface area contributed by atoms with Crippen molar-refractivity contribution in [2.24, 2.45) is 0 Å². The lowest BCUT2D eigenvalue weighted by Crippen LogP contribution is -2.32. The van der Waals surface area contributed by atoms with Crippen molar-refractivity contribution < 1.29 is 14.1 Å². The average Bonchev–Trinajstić information content (AvgIpc) is 3.20. The van der Waals surface area contributed by atoms with Crippen molar-refractivity contribution in [1.29, 1.82) is 5.26 Å². The summed E-state index contributed by atoms with van der Waals surface area (Å²) in [5.74, 6) is -0.170. The van der Waals surface area contributed by atoms with Crippen LogP contribution in [0.1, 0.15) is 0 Å². The average molecular weight is 395 g/mol. The molecule has 0 spiro atoms. The van der Waals surface area contributed by atoms with Gasteiger partial charge < -0.3 is 4.42 Å². The molecule has 0 saturated heterocycles. The van der Waals surface area contributed by atoms with Gasteiger partial charge in [-0.05, 0) is 18.2 Å². The number of carbonyl (C=O) groups is 1. The van der Waals surface area contributed by atoms with Gasteiger partial charge in [-0.2, -0.15) is 5.26 Å². The van der Waals surface area contributed by atoms with E-state index in [-0.39, 0.29) is 35.0 Å². The Balaban J connectivity index is 1.68. The second-order valence-electron chi connectivity index (χ2n) is 5.44. The lowest BCUT2D eigenvalue weighted by atomic mass is 10.2. The number of nitriles is 1. The normalized spacial score (nSPS) is 10.2. The van der Waals surface area contributed by atoms with E-state index in [2.05, 4.69) is 10.2 Å². The van der Waals surface area contributed by atoms with Gasteiger partial charge in [0.05, 0.1) is 16.7 Å². The second-order valence-corrected chi connectivity index (χ2v) is 6.37. The van der Waals surface area contributed by atoms with E-state index < -0.39 is 4.92 Å². The predicted molar refractivity (Wildman–Crippen MR) is 102 cm³/mol. The van der Waals surface area contributed by atoms with Gasteiger partial charge in [-0.15, -0.1) is 10.2 Å². The van der Waals surface area contributed by atoms with E-state index in [0.717, 1.165) is 11.8 Å². The molecule has 0 atom stereocenters. The van der Waals surface area contributed by atoms with Gasteiger partial charge in [-0.1, -0.05) is 36.0 Å². The molecule has 0 fully saturated rings. The lowest BCUT2D eigenvalue weighted by molar-refractivity contribution is -0.384. The van der Waals surface area contributed by atoms with Crippen molar-refractivity contribution in [3.05, 3.63) is 64.7 Å². The Bertz CT molecular complexity index is 1030. The van der Waals surface area contributed by atoms with Crippen LogP contribution in [0.25, 0.3) is 11.5 Å². The molecule has 10 heteroatoms. The van der Waals surface area contributed by atoms with Crippen LogP contribution in [0, 0.1) is 21.4 Å². The standard InChI is InChI=1S/C18H13N5O4S/c19-9-10-22(14-6-2-1-3-7-14)16(24)12-28-18-21-20-17(27-18)13-5-4-8-15(11-13)23(25)26/h1-8,11H,10,12H2. The summed E-state index contributed by atoms with van der Waals surface area (Å²) in [4.78, 5) is 24.2. The van der Waals surface area contributed by atoms with Crippen LogP contribution >= 0.6 is 11.8 Å². The maximum atomic E-state index is 12.5. The van der Waals surface area contributed by atoms with Crippen molar-refractivity contribution in [3.8, 4) is 17.5 Å². The number of hydrogen-bond acceptors (Lipinski definition) is 8. The smallest absolute Gasteiger partial charge is 0.277 e. The minimum Gasteiger partial charge on any atom is -0.411 e. The number of para-hydroxylation sites is 1. The minimum absolute atomic E-state index is 0.00680. The monoisotopic (exact) mass is 395 g/mol. The van der Waals surface area contributed by atoms with Crippen LogP contribution < -0.4 is 4.90 Å². The van der Waals surface area contributed by atoms with Crippen molar-refractivity contribution in [2.75, 3.05) is 17.2 Å². The van der Waals surface area contributed by atoms with Crippen molar-refractivity contribution in [2.45, 2.75) is 5.22 Å². The molecule has 9 nitrogen and oxygen atoms in total. The third-order valence-corrected chi connectivity index (χ3v) is 4.43. The molecule has 0 aliphatic heterocycles. The van der Waals surface area contributed by atoms with Crippen LogP contribution in [-0.2, 0) is 4.79 Å². The van der Waals surface area contributed by atoms with Crippen LogP contribution in [0.15, 0.2) is 64.2 Å². The number of nitrogens with zero attached hydrogens (tertiary/aromatic N) is 5.